The molecule has 27 heavy (non-hydrogen) atoms. The number of rotatable bonds is 12. The molecule has 0 spiro atoms. The van der Waals surface area contributed by atoms with E-state index in [0.717, 1.165) is 37.7 Å². The molecule has 3 heteroatoms. The minimum Gasteiger partial charge on any atom is -0.507 e. The van der Waals surface area contributed by atoms with E-state index in [1.54, 1.807) is 6.07 Å². The van der Waals surface area contributed by atoms with Crippen molar-refractivity contribution in [1.82, 2.24) is 0 Å². The van der Waals surface area contributed by atoms with Gasteiger partial charge in [0, 0.05) is 5.56 Å². The number of unbranched alkanes of at least 4 members (excludes halogenated alkanes) is 3. The van der Waals surface area contributed by atoms with E-state index in [1.807, 2.05) is 0 Å². The summed E-state index contributed by atoms with van der Waals surface area (Å²) in [4.78, 5) is 0. The van der Waals surface area contributed by atoms with Gasteiger partial charge < -0.3 is 15.3 Å². The third-order valence-electron chi connectivity index (χ3n) is 7.35. The zero-order valence-corrected chi connectivity index (χ0v) is 17.3. The molecule has 2 aliphatic carbocycles. The number of phenolic OH excluding ortho intramolecular Hbond substituents is 3. The highest BCUT2D eigenvalue weighted by Gasteiger charge is 2.39. The summed E-state index contributed by atoms with van der Waals surface area (Å²) in [7, 11) is 0. The molecule has 0 bridgehead atoms. The Bertz CT molecular complexity index is 642. The van der Waals surface area contributed by atoms with Gasteiger partial charge in [0.2, 0.25) is 0 Å². The zero-order chi connectivity index (χ0) is 19.5. The minimum absolute atomic E-state index is 0.0881. The third-order valence-corrected chi connectivity index (χ3v) is 7.35. The first-order valence-corrected chi connectivity index (χ1v) is 11.1. The van der Waals surface area contributed by atoms with Crippen LogP contribution in [0.2, 0.25) is 0 Å². The Morgan fingerprint density at radius 1 is 0.815 bits per heavy atom. The Kier molecular flexibility index (Phi) is 6.28. The molecule has 0 atom stereocenters. The number of aryl methyl sites for hydroxylation is 1. The Balaban J connectivity index is 1.48. The summed E-state index contributed by atoms with van der Waals surface area (Å²) in [5.41, 5.74) is 2.53. The van der Waals surface area contributed by atoms with Crippen LogP contribution in [0.25, 0.3) is 0 Å². The Labute approximate surface area is 164 Å². The lowest BCUT2D eigenvalue weighted by molar-refractivity contribution is 0.383. The fraction of sp³-hybridized carbons (Fsp3) is 0.750. The van der Waals surface area contributed by atoms with Crippen LogP contribution < -0.4 is 0 Å². The summed E-state index contributed by atoms with van der Waals surface area (Å²) in [5.74, 6) is -0.0148. The highest BCUT2D eigenvalue weighted by molar-refractivity contribution is 5.56. The highest BCUT2D eigenvalue weighted by atomic mass is 16.3. The van der Waals surface area contributed by atoms with Crippen LogP contribution in [-0.2, 0) is 12.8 Å². The summed E-state index contributed by atoms with van der Waals surface area (Å²) in [6.45, 7) is 4.64. The number of hydrogen-bond acceptors (Lipinski definition) is 3. The largest absolute Gasteiger partial charge is 0.507 e. The van der Waals surface area contributed by atoms with Gasteiger partial charge in [-0.05, 0) is 86.7 Å². The summed E-state index contributed by atoms with van der Waals surface area (Å²) < 4.78 is 0. The lowest BCUT2D eigenvalue weighted by Crippen LogP contribution is -1.98. The van der Waals surface area contributed by atoms with Crippen LogP contribution in [0.3, 0.4) is 0 Å². The monoisotopic (exact) mass is 374 g/mol. The van der Waals surface area contributed by atoms with Crippen molar-refractivity contribution in [2.45, 2.75) is 104 Å². The number of hydrogen-bond donors (Lipinski definition) is 3. The fourth-order valence-electron chi connectivity index (χ4n) is 4.46. The van der Waals surface area contributed by atoms with Gasteiger partial charge in [-0.1, -0.05) is 39.5 Å². The van der Waals surface area contributed by atoms with Crippen molar-refractivity contribution in [2.75, 3.05) is 0 Å². The Morgan fingerprint density at radius 2 is 1.48 bits per heavy atom. The fourth-order valence-corrected chi connectivity index (χ4v) is 4.46. The molecular weight excluding hydrogens is 336 g/mol. The van der Waals surface area contributed by atoms with E-state index in [9.17, 15) is 15.3 Å². The van der Waals surface area contributed by atoms with Gasteiger partial charge >= 0.3 is 0 Å². The molecule has 3 rings (SSSR count). The molecule has 3 N–H and O–H groups in total. The second kappa shape index (κ2) is 8.32. The van der Waals surface area contributed by atoms with Crippen LogP contribution in [0.15, 0.2) is 6.07 Å². The normalized spacial score (nSPS) is 19.2. The topological polar surface area (TPSA) is 60.7 Å². The molecule has 1 aromatic carbocycles. The summed E-state index contributed by atoms with van der Waals surface area (Å²) in [6.07, 6.45) is 16.2. The van der Waals surface area contributed by atoms with E-state index < -0.39 is 0 Å². The van der Waals surface area contributed by atoms with Gasteiger partial charge in [-0.25, -0.2) is 0 Å². The highest BCUT2D eigenvalue weighted by Crippen LogP contribution is 2.52. The van der Waals surface area contributed by atoms with Crippen molar-refractivity contribution in [3.05, 3.63) is 17.2 Å². The van der Waals surface area contributed by atoms with Crippen molar-refractivity contribution in [2.24, 2.45) is 10.8 Å². The van der Waals surface area contributed by atoms with E-state index in [1.165, 1.54) is 51.4 Å². The first-order valence-electron chi connectivity index (χ1n) is 11.1. The zero-order valence-electron chi connectivity index (χ0n) is 17.3. The predicted octanol–water partition coefficient (Wildman–Crippen LogP) is 6.61. The lowest BCUT2D eigenvalue weighted by atomic mass is 9.93. The molecule has 1 aromatic rings. The van der Waals surface area contributed by atoms with Crippen molar-refractivity contribution in [3.8, 4) is 17.2 Å². The van der Waals surface area contributed by atoms with E-state index in [0.29, 0.717) is 22.8 Å². The first kappa shape index (κ1) is 20.4. The molecule has 3 nitrogen and oxygen atoms in total. The van der Waals surface area contributed by atoms with E-state index in [4.69, 9.17) is 0 Å². The van der Waals surface area contributed by atoms with Gasteiger partial charge in [-0.2, -0.15) is 0 Å². The maximum absolute atomic E-state index is 10.6. The summed E-state index contributed by atoms with van der Waals surface area (Å²) in [5, 5.41) is 30.9. The van der Waals surface area contributed by atoms with E-state index in [2.05, 4.69) is 13.8 Å². The smallest absolute Gasteiger partial charge is 0.164 e. The molecule has 0 aromatic heterocycles. The van der Waals surface area contributed by atoms with Crippen LogP contribution in [0.1, 0.15) is 102 Å². The van der Waals surface area contributed by atoms with Crippen LogP contribution >= 0.6 is 0 Å². The van der Waals surface area contributed by atoms with Crippen LogP contribution in [0, 0.1) is 10.8 Å². The third kappa shape index (κ3) is 5.33. The average Bonchev–Trinajstić information content (AvgIpc) is 3.57. The lowest BCUT2D eigenvalue weighted by Gasteiger charge is -2.15. The molecule has 2 saturated carbocycles. The van der Waals surface area contributed by atoms with Crippen molar-refractivity contribution in [3.63, 3.8) is 0 Å². The van der Waals surface area contributed by atoms with Crippen LogP contribution in [0.4, 0.5) is 0 Å². The van der Waals surface area contributed by atoms with Gasteiger partial charge in [0.15, 0.2) is 11.5 Å². The second-order valence-corrected chi connectivity index (χ2v) is 9.66. The van der Waals surface area contributed by atoms with Crippen molar-refractivity contribution in [1.29, 1.82) is 0 Å². The van der Waals surface area contributed by atoms with Gasteiger partial charge in [-0.15, -0.1) is 0 Å². The van der Waals surface area contributed by atoms with Gasteiger partial charge in [-0.3, -0.25) is 0 Å². The molecular formula is C24H38O3. The Hall–Kier alpha value is -1.38. The summed E-state index contributed by atoms with van der Waals surface area (Å²) in [6, 6.07) is 1.55. The van der Waals surface area contributed by atoms with E-state index >= 15 is 0 Å². The molecule has 2 aliphatic rings. The van der Waals surface area contributed by atoms with Gasteiger partial charge in [0.1, 0.15) is 5.75 Å². The van der Waals surface area contributed by atoms with Crippen LogP contribution in [0.5, 0.6) is 17.2 Å². The summed E-state index contributed by atoms with van der Waals surface area (Å²) >= 11 is 0. The maximum atomic E-state index is 10.6. The molecule has 0 amide bonds. The Morgan fingerprint density at radius 3 is 2.11 bits per heavy atom. The van der Waals surface area contributed by atoms with E-state index in [-0.39, 0.29) is 17.2 Å². The number of aromatic hydroxyl groups is 3. The molecule has 2 fully saturated rings. The van der Waals surface area contributed by atoms with Crippen molar-refractivity contribution < 1.29 is 15.3 Å². The second-order valence-electron chi connectivity index (χ2n) is 9.66. The minimum atomic E-state index is -0.131. The van der Waals surface area contributed by atoms with Gasteiger partial charge in [0.25, 0.3) is 0 Å². The molecule has 0 saturated heterocycles. The van der Waals surface area contributed by atoms with Gasteiger partial charge in [0.05, 0.1) is 0 Å². The number of phenols is 3. The molecule has 0 aliphatic heterocycles. The molecule has 152 valence electrons. The molecule has 0 radical (unpaired) electrons. The van der Waals surface area contributed by atoms with Crippen LogP contribution in [-0.4, -0.2) is 15.3 Å². The number of benzene rings is 1. The predicted molar refractivity (Wildman–Crippen MR) is 110 cm³/mol. The van der Waals surface area contributed by atoms with Crippen molar-refractivity contribution >= 4 is 0 Å². The molecule has 0 heterocycles. The quantitative estimate of drug-likeness (QED) is 0.219. The standard InChI is InChI=1S/C24H38O3/c1-3-24(15-16-24)12-7-4-5-10-19-21(26)18(17-20(25)22(19)27)9-6-8-11-23(2)13-14-23/h17,25-27H,3-16H2,1-2H3. The molecule has 0 unspecified atom stereocenters. The average molecular weight is 375 g/mol. The first-order chi connectivity index (χ1) is 12.9. The SMILES string of the molecule is CCC1(CCCCCc2c(O)c(O)cc(CCCCC3(C)CC3)c2O)CC1. The maximum Gasteiger partial charge on any atom is 0.164 e.